The van der Waals surface area contributed by atoms with Gasteiger partial charge in [-0.2, -0.15) is 0 Å². The van der Waals surface area contributed by atoms with Gasteiger partial charge in [0.2, 0.25) is 5.91 Å². The largest absolute Gasteiger partial charge is 0.434 e. The SMILES string of the molecule is CO/N=C(/CN[C@@H]1C(=O)N2C(C(=O)OCOCC[Si](C)(C)C)=C(CSc3cnns3)CS[C@H]12)C(=O)CCl. The molecule has 1 aromatic rings. The number of nitrogens with one attached hydrogen (secondary N) is 1. The molecule has 2 aliphatic heterocycles. The van der Waals surface area contributed by atoms with Crippen LogP contribution in [0.5, 0.6) is 0 Å². The number of hydrogen-bond donors (Lipinski definition) is 1. The van der Waals surface area contributed by atoms with E-state index in [0.717, 1.165) is 15.8 Å². The molecule has 2 aliphatic rings. The Morgan fingerprint density at radius 3 is 2.81 bits per heavy atom. The van der Waals surface area contributed by atoms with E-state index in [1.54, 1.807) is 6.20 Å². The summed E-state index contributed by atoms with van der Waals surface area (Å²) in [4.78, 5) is 44.5. The fourth-order valence-electron chi connectivity index (χ4n) is 3.39. The van der Waals surface area contributed by atoms with E-state index in [0.29, 0.717) is 18.1 Å². The van der Waals surface area contributed by atoms with Crippen LogP contribution in [0.1, 0.15) is 0 Å². The Balaban J connectivity index is 1.69. The highest BCUT2D eigenvalue weighted by molar-refractivity contribution is 8.01. The first kappa shape index (κ1) is 30.1. The number of alkyl halides is 1. The van der Waals surface area contributed by atoms with Crippen LogP contribution in [0.4, 0.5) is 0 Å². The van der Waals surface area contributed by atoms with Gasteiger partial charge in [0.05, 0.1) is 12.1 Å². The van der Waals surface area contributed by atoms with Crippen LogP contribution < -0.4 is 5.32 Å². The number of ether oxygens (including phenoxy) is 2. The molecule has 0 radical (unpaired) electrons. The summed E-state index contributed by atoms with van der Waals surface area (Å²) in [6, 6.07) is 0.348. The third kappa shape index (κ3) is 8.24. The number of β-lactam (4-membered cyclic amide) rings is 1. The van der Waals surface area contributed by atoms with Gasteiger partial charge in [-0.15, -0.1) is 40.2 Å². The lowest BCUT2D eigenvalue weighted by Crippen LogP contribution is -2.70. The summed E-state index contributed by atoms with van der Waals surface area (Å²) in [5.74, 6) is -0.510. The van der Waals surface area contributed by atoms with E-state index in [1.807, 2.05) is 0 Å². The van der Waals surface area contributed by atoms with Crippen molar-refractivity contribution in [2.24, 2.45) is 5.16 Å². The number of ketones is 1. The monoisotopic (exact) mass is 607 g/mol. The molecule has 3 rings (SSSR count). The Hall–Kier alpha value is -1.49. The van der Waals surface area contributed by atoms with Gasteiger partial charge in [-0.25, -0.2) is 4.79 Å². The maximum atomic E-state index is 13.2. The Labute approximate surface area is 234 Å². The number of amides is 1. The van der Waals surface area contributed by atoms with E-state index in [2.05, 4.69) is 39.7 Å². The molecule has 0 spiro atoms. The lowest BCUT2D eigenvalue weighted by Gasteiger charge is -2.50. The minimum Gasteiger partial charge on any atom is -0.434 e. The molecule has 2 atom stereocenters. The number of Topliss-reactive ketones (excluding diaryl/α,β-unsaturated/α-hetero) is 1. The Bertz CT molecular complexity index is 1040. The third-order valence-corrected chi connectivity index (χ3v) is 10.6. The van der Waals surface area contributed by atoms with Crippen molar-refractivity contribution in [1.82, 2.24) is 19.8 Å². The second-order valence-corrected chi connectivity index (χ2v) is 18.3. The Morgan fingerprint density at radius 2 is 2.16 bits per heavy atom. The van der Waals surface area contributed by atoms with Gasteiger partial charge in [0, 0.05) is 32.7 Å². The van der Waals surface area contributed by atoms with Crippen LogP contribution in [0.25, 0.3) is 0 Å². The zero-order valence-electron chi connectivity index (χ0n) is 21.0. The number of hydrogen-bond acceptors (Lipinski definition) is 13. The lowest BCUT2D eigenvalue weighted by molar-refractivity contribution is -0.159. The van der Waals surface area contributed by atoms with Crippen LogP contribution >= 0.6 is 46.7 Å². The van der Waals surface area contributed by atoms with Gasteiger partial charge in [-0.05, 0) is 23.1 Å². The number of carbonyl (C=O) groups is 3. The molecule has 1 aromatic heterocycles. The van der Waals surface area contributed by atoms with E-state index in [4.69, 9.17) is 25.9 Å². The highest BCUT2D eigenvalue weighted by Crippen LogP contribution is 2.42. The summed E-state index contributed by atoms with van der Waals surface area (Å²) in [7, 11) is 0.0595. The highest BCUT2D eigenvalue weighted by atomic mass is 35.5. The maximum Gasteiger partial charge on any atom is 0.357 e. The van der Waals surface area contributed by atoms with Gasteiger partial charge in [0.25, 0.3) is 0 Å². The van der Waals surface area contributed by atoms with Gasteiger partial charge < -0.3 is 14.3 Å². The standard InChI is InChI=1S/C21H30ClN5O6S3Si/c1-31-25-14(15(28)7-22)8-23-17-19(29)27-18(21(30)33-12-32-5-6-37(2,3)4)13(11-35-20(17)27)10-34-16-9-24-26-36-16/h9,17,20,23H,5-8,10-12H2,1-4H3/b25-14-/t17-,20-/m1/s1. The quantitative estimate of drug-likeness (QED) is 0.0363. The minimum atomic E-state index is -1.27. The summed E-state index contributed by atoms with van der Waals surface area (Å²) >= 11 is 9.93. The molecule has 16 heteroatoms. The Kier molecular flexibility index (Phi) is 11.4. The molecule has 0 unspecified atom stereocenters. The van der Waals surface area contributed by atoms with E-state index in [-0.39, 0.29) is 41.9 Å². The van der Waals surface area contributed by atoms with Crippen molar-refractivity contribution in [2.45, 2.75) is 41.3 Å². The van der Waals surface area contributed by atoms with Crippen LogP contribution in [0, 0.1) is 0 Å². The summed E-state index contributed by atoms with van der Waals surface area (Å²) in [6.45, 7) is 7.07. The first-order valence-corrected chi connectivity index (χ1v) is 18.5. The summed E-state index contributed by atoms with van der Waals surface area (Å²) in [5, 5.41) is 10.3. The average Bonchev–Trinajstić information content (AvgIpc) is 3.38. The van der Waals surface area contributed by atoms with Crippen molar-refractivity contribution in [1.29, 1.82) is 0 Å². The smallest absolute Gasteiger partial charge is 0.357 e. The van der Waals surface area contributed by atoms with Crippen LogP contribution in [-0.2, 0) is 28.7 Å². The number of rotatable bonds is 15. The molecule has 1 fully saturated rings. The van der Waals surface area contributed by atoms with E-state index in [1.165, 1.54) is 47.1 Å². The molecule has 0 bridgehead atoms. The molecule has 1 N–H and O–H groups in total. The molecule has 0 aliphatic carbocycles. The van der Waals surface area contributed by atoms with Crippen molar-refractivity contribution >= 4 is 78.1 Å². The number of nitrogens with zero attached hydrogens (tertiary/aromatic N) is 4. The van der Waals surface area contributed by atoms with Crippen molar-refractivity contribution in [3.63, 3.8) is 0 Å². The van der Waals surface area contributed by atoms with Gasteiger partial charge in [-0.3, -0.25) is 19.8 Å². The number of esters is 1. The van der Waals surface area contributed by atoms with Crippen molar-refractivity contribution in [2.75, 3.05) is 44.4 Å². The molecular weight excluding hydrogens is 578 g/mol. The van der Waals surface area contributed by atoms with Crippen molar-refractivity contribution in [3.05, 3.63) is 17.5 Å². The van der Waals surface area contributed by atoms with Crippen molar-refractivity contribution < 1.29 is 28.7 Å². The molecular formula is C21H30ClN5O6S3Si. The molecule has 0 saturated carbocycles. The zero-order valence-corrected chi connectivity index (χ0v) is 25.2. The van der Waals surface area contributed by atoms with E-state index >= 15 is 0 Å². The summed E-state index contributed by atoms with van der Waals surface area (Å²) in [5.41, 5.74) is 1.12. The zero-order chi connectivity index (χ0) is 27.0. The molecule has 3 heterocycles. The number of oxime groups is 1. The number of carbonyl (C=O) groups excluding carboxylic acids is 3. The van der Waals surface area contributed by atoms with Gasteiger partial charge in [0.15, 0.2) is 12.6 Å². The van der Waals surface area contributed by atoms with Crippen LogP contribution in [0.2, 0.25) is 25.7 Å². The summed E-state index contributed by atoms with van der Waals surface area (Å²) < 4.78 is 15.7. The molecule has 1 amide bonds. The fraction of sp³-hybridized carbons (Fsp3) is 0.619. The number of thioether (sulfide) groups is 2. The predicted molar refractivity (Wildman–Crippen MR) is 148 cm³/mol. The van der Waals surface area contributed by atoms with Gasteiger partial charge in [-0.1, -0.05) is 29.3 Å². The molecule has 37 heavy (non-hydrogen) atoms. The molecule has 1 saturated heterocycles. The lowest BCUT2D eigenvalue weighted by atomic mass is 10.0. The topological polar surface area (TPSA) is 132 Å². The highest BCUT2D eigenvalue weighted by Gasteiger charge is 2.53. The first-order chi connectivity index (χ1) is 17.7. The van der Waals surface area contributed by atoms with E-state index in [9.17, 15) is 14.4 Å². The second-order valence-electron chi connectivity index (χ2n) is 9.29. The normalized spacial score (nSPS) is 20.0. The molecule has 11 nitrogen and oxygen atoms in total. The second kappa shape index (κ2) is 14.1. The van der Waals surface area contributed by atoms with Crippen LogP contribution in [0.15, 0.2) is 26.8 Å². The number of halogens is 1. The van der Waals surface area contributed by atoms with Gasteiger partial charge in [0.1, 0.15) is 34.1 Å². The fourth-order valence-corrected chi connectivity index (χ4v) is 7.24. The van der Waals surface area contributed by atoms with Crippen LogP contribution in [0.3, 0.4) is 0 Å². The number of fused-ring (bicyclic) bond motifs is 1. The predicted octanol–water partition coefficient (Wildman–Crippen LogP) is 2.42. The Morgan fingerprint density at radius 1 is 1.38 bits per heavy atom. The van der Waals surface area contributed by atoms with Gasteiger partial charge >= 0.3 is 5.97 Å². The first-order valence-electron chi connectivity index (χ1n) is 11.4. The summed E-state index contributed by atoms with van der Waals surface area (Å²) in [6.07, 6.45) is 1.66. The van der Waals surface area contributed by atoms with E-state index < -0.39 is 25.9 Å². The molecule has 204 valence electrons. The van der Waals surface area contributed by atoms with Crippen molar-refractivity contribution in [3.8, 4) is 0 Å². The number of aromatic nitrogens is 2. The third-order valence-electron chi connectivity index (χ3n) is 5.37. The van der Waals surface area contributed by atoms with Crippen LogP contribution in [-0.4, -0.2) is 102 Å². The molecule has 0 aromatic carbocycles. The minimum absolute atomic E-state index is 0.0101. The average molecular weight is 608 g/mol. The maximum absolute atomic E-state index is 13.2.